The predicted octanol–water partition coefficient (Wildman–Crippen LogP) is 3.66. The van der Waals surface area contributed by atoms with Gasteiger partial charge in [0.2, 0.25) is 0 Å². The van der Waals surface area contributed by atoms with Crippen molar-refractivity contribution in [2.24, 2.45) is 5.10 Å². The Balaban J connectivity index is 1.84. The van der Waals surface area contributed by atoms with E-state index in [-0.39, 0.29) is 12.5 Å². The zero-order valence-corrected chi connectivity index (χ0v) is 14.1. The van der Waals surface area contributed by atoms with Crippen molar-refractivity contribution in [1.82, 2.24) is 5.43 Å². The van der Waals surface area contributed by atoms with E-state index in [1.54, 1.807) is 6.21 Å². The molecule has 0 aliphatic heterocycles. The van der Waals surface area contributed by atoms with Gasteiger partial charge in [0.15, 0.2) is 6.61 Å². The van der Waals surface area contributed by atoms with E-state index in [4.69, 9.17) is 4.74 Å². The first-order valence-corrected chi connectivity index (χ1v) is 7.98. The SMILES string of the molecule is Cc1cccc(C)c1OCC(=O)N/N=C\c1cc(Br)cs1. The first-order valence-electron chi connectivity index (χ1n) is 6.31. The molecule has 1 amide bonds. The van der Waals surface area contributed by atoms with Gasteiger partial charge in [0, 0.05) is 14.7 Å². The Bertz CT molecular complexity index is 647. The van der Waals surface area contributed by atoms with Crippen molar-refractivity contribution in [3.8, 4) is 5.75 Å². The van der Waals surface area contributed by atoms with E-state index in [1.165, 1.54) is 11.3 Å². The van der Waals surface area contributed by atoms with E-state index >= 15 is 0 Å². The lowest BCUT2D eigenvalue weighted by molar-refractivity contribution is -0.123. The van der Waals surface area contributed by atoms with Crippen LogP contribution in [0.25, 0.3) is 0 Å². The van der Waals surface area contributed by atoms with Crippen LogP contribution in [0.4, 0.5) is 0 Å². The van der Waals surface area contributed by atoms with Gasteiger partial charge >= 0.3 is 0 Å². The molecule has 0 aliphatic rings. The van der Waals surface area contributed by atoms with Crippen molar-refractivity contribution >= 4 is 39.4 Å². The number of aryl methyl sites for hydroxylation is 2. The van der Waals surface area contributed by atoms with Crippen LogP contribution in [0.2, 0.25) is 0 Å². The van der Waals surface area contributed by atoms with E-state index in [0.29, 0.717) is 0 Å². The first kappa shape index (κ1) is 15.7. The number of benzene rings is 1. The number of hydrogen-bond donors (Lipinski definition) is 1. The Morgan fingerprint density at radius 1 is 1.43 bits per heavy atom. The molecule has 1 aromatic carbocycles. The Morgan fingerprint density at radius 2 is 2.14 bits per heavy atom. The molecule has 0 bridgehead atoms. The largest absolute Gasteiger partial charge is 0.483 e. The maximum atomic E-state index is 11.7. The van der Waals surface area contributed by atoms with Gasteiger partial charge < -0.3 is 4.74 Å². The molecule has 1 heterocycles. The third-order valence-electron chi connectivity index (χ3n) is 2.73. The van der Waals surface area contributed by atoms with Crippen LogP contribution in [0.5, 0.6) is 5.75 Å². The number of ether oxygens (including phenoxy) is 1. The molecule has 21 heavy (non-hydrogen) atoms. The van der Waals surface area contributed by atoms with Crippen LogP contribution in [-0.4, -0.2) is 18.7 Å². The van der Waals surface area contributed by atoms with Crippen LogP contribution in [0.15, 0.2) is 39.2 Å². The Hall–Kier alpha value is -1.66. The van der Waals surface area contributed by atoms with Gasteiger partial charge in [-0.15, -0.1) is 11.3 Å². The number of carbonyl (C=O) groups excluding carboxylic acids is 1. The molecule has 2 rings (SSSR count). The lowest BCUT2D eigenvalue weighted by Gasteiger charge is -2.10. The average Bonchev–Trinajstić information content (AvgIpc) is 2.84. The number of thiophene rings is 1. The van der Waals surface area contributed by atoms with Crippen molar-refractivity contribution in [1.29, 1.82) is 0 Å². The summed E-state index contributed by atoms with van der Waals surface area (Å²) < 4.78 is 6.54. The monoisotopic (exact) mass is 366 g/mol. The Morgan fingerprint density at radius 3 is 2.76 bits per heavy atom. The van der Waals surface area contributed by atoms with Crippen LogP contribution >= 0.6 is 27.3 Å². The van der Waals surface area contributed by atoms with Gasteiger partial charge in [0.25, 0.3) is 5.91 Å². The van der Waals surface area contributed by atoms with Gasteiger partial charge in [-0.2, -0.15) is 5.10 Å². The minimum atomic E-state index is -0.287. The van der Waals surface area contributed by atoms with E-state index < -0.39 is 0 Å². The van der Waals surface area contributed by atoms with E-state index in [0.717, 1.165) is 26.2 Å². The number of hydrazone groups is 1. The van der Waals surface area contributed by atoms with Crippen molar-refractivity contribution < 1.29 is 9.53 Å². The number of halogens is 1. The summed E-state index contributed by atoms with van der Waals surface area (Å²) in [6, 6.07) is 7.79. The fraction of sp³-hybridized carbons (Fsp3) is 0.200. The minimum absolute atomic E-state index is 0.0584. The number of hydrogen-bond acceptors (Lipinski definition) is 4. The highest BCUT2D eigenvalue weighted by atomic mass is 79.9. The smallest absolute Gasteiger partial charge is 0.277 e. The van der Waals surface area contributed by atoms with Crippen LogP contribution < -0.4 is 10.2 Å². The quantitative estimate of drug-likeness (QED) is 0.648. The molecule has 0 atom stereocenters. The zero-order valence-electron chi connectivity index (χ0n) is 11.7. The number of amides is 1. The van der Waals surface area contributed by atoms with E-state index in [1.807, 2.05) is 43.5 Å². The summed E-state index contributed by atoms with van der Waals surface area (Å²) in [6.45, 7) is 3.84. The first-order chi connectivity index (χ1) is 10.1. The molecule has 1 aromatic heterocycles. The molecule has 110 valence electrons. The second-order valence-electron chi connectivity index (χ2n) is 4.47. The Kier molecular flexibility index (Phi) is 5.52. The number of nitrogens with one attached hydrogen (secondary N) is 1. The maximum absolute atomic E-state index is 11.7. The molecule has 4 nitrogen and oxygen atoms in total. The summed E-state index contributed by atoms with van der Waals surface area (Å²) in [7, 11) is 0. The van der Waals surface area contributed by atoms with Crippen molar-refractivity contribution in [3.05, 3.63) is 50.1 Å². The second kappa shape index (κ2) is 7.38. The summed E-state index contributed by atoms with van der Waals surface area (Å²) in [5, 5.41) is 5.85. The number of rotatable bonds is 5. The van der Waals surface area contributed by atoms with Crippen molar-refractivity contribution in [2.45, 2.75) is 13.8 Å². The van der Waals surface area contributed by atoms with Crippen molar-refractivity contribution in [3.63, 3.8) is 0 Å². The van der Waals surface area contributed by atoms with E-state index in [2.05, 4.69) is 26.5 Å². The minimum Gasteiger partial charge on any atom is -0.483 e. The molecule has 0 unspecified atom stereocenters. The van der Waals surface area contributed by atoms with Crippen LogP contribution in [0.3, 0.4) is 0 Å². The van der Waals surface area contributed by atoms with Gasteiger partial charge in [0.05, 0.1) is 6.21 Å². The predicted molar refractivity (Wildman–Crippen MR) is 89.2 cm³/mol. The molecule has 0 aliphatic carbocycles. The van der Waals surface area contributed by atoms with Gasteiger partial charge in [-0.05, 0) is 47.0 Å². The van der Waals surface area contributed by atoms with E-state index in [9.17, 15) is 4.79 Å². The normalized spacial score (nSPS) is 10.8. The summed E-state index contributed by atoms with van der Waals surface area (Å²) in [6.07, 6.45) is 1.60. The highest BCUT2D eigenvalue weighted by Gasteiger charge is 2.06. The third kappa shape index (κ3) is 4.68. The summed E-state index contributed by atoms with van der Waals surface area (Å²) in [4.78, 5) is 12.6. The lowest BCUT2D eigenvalue weighted by Crippen LogP contribution is -2.24. The highest BCUT2D eigenvalue weighted by Crippen LogP contribution is 2.22. The lowest BCUT2D eigenvalue weighted by atomic mass is 10.1. The number of para-hydroxylation sites is 1. The molecule has 0 radical (unpaired) electrons. The van der Waals surface area contributed by atoms with Gasteiger partial charge in [0.1, 0.15) is 5.75 Å². The Labute approximate surface area is 136 Å². The molecule has 0 saturated carbocycles. The second-order valence-corrected chi connectivity index (χ2v) is 6.33. The number of carbonyl (C=O) groups is 1. The van der Waals surface area contributed by atoms with Crippen LogP contribution in [0.1, 0.15) is 16.0 Å². The van der Waals surface area contributed by atoms with Gasteiger partial charge in [-0.1, -0.05) is 18.2 Å². The fourth-order valence-electron chi connectivity index (χ4n) is 1.76. The summed E-state index contributed by atoms with van der Waals surface area (Å²) in [5.74, 6) is 0.461. The van der Waals surface area contributed by atoms with Crippen LogP contribution in [-0.2, 0) is 4.79 Å². The maximum Gasteiger partial charge on any atom is 0.277 e. The average molecular weight is 367 g/mol. The molecule has 2 aromatic rings. The summed E-state index contributed by atoms with van der Waals surface area (Å²) in [5.41, 5.74) is 4.46. The van der Waals surface area contributed by atoms with Crippen molar-refractivity contribution in [2.75, 3.05) is 6.61 Å². The highest BCUT2D eigenvalue weighted by molar-refractivity contribution is 9.10. The van der Waals surface area contributed by atoms with Gasteiger partial charge in [-0.3, -0.25) is 4.79 Å². The molecule has 6 heteroatoms. The molecule has 0 saturated heterocycles. The standard InChI is InChI=1S/C15H15BrN2O2S/c1-10-4-3-5-11(2)15(10)20-8-14(19)18-17-7-13-6-12(16)9-21-13/h3-7,9H,8H2,1-2H3,(H,18,19)/b17-7-. The molecular weight excluding hydrogens is 352 g/mol. The van der Waals surface area contributed by atoms with Gasteiger partial charge in [-0.25, -0.2) is 5.43 Å². The third-order valence-corrected chi connectivity index (χ3v) is 4.35. The molecular formula is C15H15BrN2O2S. The summed E-state index contributed by atoms with van der Waals surface area (Å²) >= 11 is 4.90. The fourth-order valence-corrected chi connectivity index (χ4v) is 3.06. The molecule has 1 N–H and O–H groups in total. The topological polar surface area (TPSA) is 50.7 Å². The molecule has 0 fully saturated rings. The molecule has 0 spiro atoms. The van der Waals surface area contributed by atoms with Crippen LogP contribution in [0, 0.1) is 13.8 Å². The number of nitrogens with zero attached hydrogens (tertiary/aromatic N) is 1. The zero-order chi connectivity index (χ0) is 15.2.